The number of aromatic nitrogens is 1. The second-order valence-corrected chi connectivity index (χ2v) is 7.16. The Morgan fingerprint density at radius 2 is 2.14 bits per heavy atom. The molecule has 21 heavy (non-hydrogen) atoms. The summed E-state index contributed by atoms with van der Waals surface area (Å²) in [6.07, 6.45) is 3.44. The first-order chi connectivity index (χ1) is 10.1. The Labute approximate surface area is 125 Å². The summed E-state index contributed by atoms with van der Waals surface area (Å²) < 4.78 is 27.6. The average Bonchev–Trinajstić information content (AvgIpc) is 2.96. The number of pyridine rings is 1. The molecule has 112 valence electrons. The first-order valence-electron chi connectivity index (χ1n) is 7.15. The van der Waals surface area contributed by atoms with Gasteiger partial charge in [-0.25, -0.2) is 8.42 Å². The SMILES string of the molecule is CNCC1CCCN1S(=O)(=O)c1cccc2cccnc12. The van der Waals surface area contributed by atoms with Crippen molar-refractivity contribution in [3.63, 3.8) is 0 Å². The van der Waals surface area contributed by atoms with Gasteiger partial charge in [-0.2, -0.15) is 4.31 Å². The van der Waals surface area contributed by atoms with Crippen molar-refractivity contribution in [2.24, 2.45) is 0 Å². The number of sulfonamides is 1. The van der Waals surface area contributed by atoms with E-state index >= 15 is 0 Å². The Balaban J connectivity index is 2.08. The standard InChI is InChI=1S/C15H19N3O2S/c1-16-11-13-7-4-10-18(13)21(19,20)14-8-2-5-12-6-3-9-17-15(12)14/h2-3,5-6,8-9,13,16H,4,7,10-11H2,1H3. The Morgan fingerprint density at radius 1 is 1.33 bits per heavy atom. The van der Waals surface area contributed by atoms with Crippen LogP contribution in [0.25, 0.3) is 10.9 Å². The maximum atomic E-state index is 13.0. The summed E-state index contributed by atoms with van der Waals surface area (Å²) in [6.45, 7) is 1.26. The molecule has 0 spiro atoms. The summed E-state index contributed by atoms with van der Waals surface area (Å²) >= 11 is 0. The molecule has 1 aliphatic rings. The molecule has 1 aliphatic heterocycles. The molecule has 1 unspecified atom stereocenters. The number of likely N-dealkylation sites (N-methyl/N-ethyl adjacent to an activating group) is 1. The monoisotopic (exact) mass is 305 g/mol. The van der Waals surface area contributed by atoms with Gasteiger partial charge in [0.25, 0.3) is 0 Å². The molecule has 1 N–H and O–H groups in total. The lowest BCUT2D eigenvalue weighted by atomic mass is 10.2. The summed E-state index contributed by atoms with van der Waals surface area (Å²) in [5, 5.41) is 3.93. The summed E-state index contributed by atoms with van der Waals surface area (Å²) in [7, 11) is -1.66. The Kier molecular flexibility index (Phi) is 3.93. The highest BCUT2D eigenvalue weighted by molar-refractivity contribution is 7.89. The fraction of sp³-hybridized carbons (Fsp3) is 0.400. The second kappa shape index (κ2) is 5.71. The van der Waals surface area contributed by atoms with Crippen LogP contribution < -0.4 is 5.32 Å². The molecule has 0 saturated carbocycles. The van der Waals surface area contributed by atoms with Crippen LogP contribution in [-0.2, 0) is 10.0 Å². The normalized spacial score (nSPS) is 20.1. The van der Waals surface area contributed by atoms with E-state index in [0.29, 0.717) is 23.5 Å². The van der Waals surface area contributed by atoms with Gasteiger partial charge in [-0.05, 0) is 32.0 Å². The van der Waals surface area contributed by atoms with Gasteiger partial charge in [-0.3, -0.25) is 4.98 Å². The number of nitrogens with zero attached hydrogens (tertiary/aromatic N) is 2. The lowest BCUT2D eigenvalue weighted by Gasteiger charge is -2.24. The van der Waals surface area contributed by atoms with Gasteiger partial charge in [-0.1, -0.05) is 18.2 Å². The van der Waals surface area contributed by atoms with E-state index in [2.05, 4.69) is 10.3 Å². The van der Waals surface area contributed by atoms with Crippen LogP contribution in [-0.4, -0.2) is 43.9 Å². The first-order valence-corrected chi connectivity index (χ1v) is 8.59. The fourth-order valence-corrected chi connectivity index (χ4v) is 4.84. The third-order valence-corrected chi connectivity index (χ3v) is 5.93. The van der Waals surface area contributed by atoms with Crippen molar-refractivity contribution < 1.29 is 8.42 Å². The minimum atomic E-state index is -3.51. The maximum Gasteiger partial charge on any atom is 0.245 e. The largest absolute Gasteiger partial charge is 0.318 e. The number of benzene rings is 1. The topological polar surface area (TPSA) is 62.3 Å². The Bertz CT molecular complexity index is 740. The van der Waals surface area contributed by atoms with Crippen LogP contribution in [0, 0.1) is 0 Å². The van der Waals surface area contributed by atoms with Gasteiger partial charge < -0.3 is 5.32 Å². The van der Waals surface area contributed by atoms with E-state index in [1.165, 1.54) is 0 Å². The predicted molar refractivity (Wildman–Crippen MR) is 82.6 cm³/mol. The van der Waals surface area contributed by atoms with Crippen LogP contribution >= 0.6 is 0 Å². The zero-order chi connectivity index (χ0) is 14.9. The number of hydrogen-bond donors (Lipinski definition) is 1. The lowest BCUT2D eigenvalue weighted by Crippen LogP contribution is -2.40. The predicted octanol–water partition coefficient (Wildman–Crippen LogP) is 1.61. The summed E-state index contributed by atoms with van der Waals surface area (Å²) in [5.74, 6) is 0. The third kappa shape index (κ3) is 2.54. The molecule has 1 aromatic heterocycles. The third-order valence-electron chi connectivity index (χ3n) is 3.95. The van der Waals surface area contributed by atoms with Crippen LogP contribution in [0.3, 0.4) is 0 Å². The van der Waals surface area contributed by atoms with Crippen LogP contribution in [0.2, 0.25) is 0 Å². The second-order valence-electron chi connectivity index (χ2n) is 5.30. The van der Waals surface area contributed by atoms with Gasteiger partial charge in [0.15, 0.2) is 0 Å². The number of nitrogens with one attached hydrogen (secondary N) is 1. The number of fused-ring (bicyclic) bond motifs is 1. The zero-order valence-corrected chi connectivity index (χ0v) is 12.8. The molecule has 1 aromatic carbocycles. The van der Waals surface area contributed by atoms with Crippen LogP contribution in [0.5, 0.6) is 0 Å². The molecule has 6 heteroatoms. The molecule has 2 heterocycles. The van der Waals surface area contributed by atoms with E-state index in [0.717, 1.165) is 18.2 Å². The van der Waals surface area contributed by atoms with Crippen LogP contribution in [0.15, 0.2) is 41.4 Å². The Hall–Kier alpha value is -1.50. The first kappa shape index (κ1) is 14.4. The van der Waals surface area contributed by atoms with Gasteiger partial charge in [-0.15, -0.1) is 0 Å². The molecule has 1 fully saturated rings. The van der Waals surface area contributed by atoms with Crippen molar-refractivity contribution in [3.05, 3.63) is 36.5 Å². The molecule has 0 aliphatic carbocycles. The zero-order valence-electron chi connectivity index (χ0n) is 12.0. The van der Waals surface area contributed by atoms with Gasteiger partial charge >= 0.3 is 0 Å². The van der Waals surface area contributed by atoms with Crippen molar-refractivity contribution in [3.8, 4) is 0 Å². The van der Waals surface area contributed by atoms with E-state index in [1.807, 2.05) is 25.2 Å². The Morgan fingerprint density at radius 3 is 2.95 bits per heavy atom. The average molecular weight is 305 g/mol. The maximum absolute atomic E-state index is 13.0. The summed E-state index contributed by atoms with van der Waals surface area (Å²) in [6, 6.07) is 9.05. The van der Waals surface area contributed by atoms with Gasteiger partial charge in [0.2, 0.25) is 10.0 Å². The van der Waals surface area contributed by atoms with Gasteiger partial charge in [0, 0.05) is 30.7 Å². The van der Waals surface area contributed by atoms with E-state index < -0.39 is 10.0 Å². The molecule has 5 nitrogen and oxygen atoms in total. The number of hydrogen-bond acceptors (Lipinski definition) is 4. The van der Waals surface area contributed by atoms with Crippen molar-refractivity contribution in [2.45, 2.75) is 23.8 Å². The van der Waals surface area contributed by atoms with E-state index in [1.54, 1.807) is 22.6 Å². The van der Waals surface area contributed by atoms with Crippen molar-refractivity contribution in [2.75, 3.05) is 20.1 Å². The highest BCUT2D eigenvalue weighted by Gasteiger charge is 2.35. The van der Waals surface area contributed by atoms with Crippen LogP contribution in [0.1, 0.15) is 12.8 Å². The molecule has 1 saturated heterocycles. The number of rotatable bonds is 4. The molecular formula is C15H19N3O2S. The summed E-state index contributed by atoms with van der Waals surface area (Å²) in [5.41, 5.74) is 0.551. The minimum absolute atomic E-state index is 0.0268. The van der Waals surface area contributed by atoms with Gasteiger partial charge in [0.1, 0.15) is 4.90 Å². The quantitative estimate of drug-likeness (QED) is 0.932. The van der Waals surface area contributed by atoms with Crippen LogP contribution in [0.4, 0.5) is 0 Å². The number of para-hydroxylation sites is 1. The molecular weight excluding hydrogens is 286 g/mol. The summed E-state index contributed by atoms with van der Waals surface area (Å²) in [4.78, 5) is 4.58. The molecule has 2 aromatic rings. The van der Waals surface area contributed by atoms with E-state index in [4.69, 9.17) is 0 Å². The molecule has 0 amide bonds. The molecule has 3 rings (SSSR count). The highest BCUT2D eigenvalue weighted by atomic mass is 32.2. The lowest BCUT2D eigenvalue weighted by molar-refractivity contribution is 0.379. The molecule has 1 atom stereocenters. The van der Waals surface area contributed by atoms with E-state index in [-0.39, 0.29) is 6.04 Å². The van der Waals surface area contributed by atoms with Gasteiger partial charge in [0.05, 0.1) is 5.52 Å². The van der Waals surface area contributed by atoms with Crippen molar-refractivity contribution in [1.29, 1.82) is 0 Å². The molecule has 0 radical (unpaired) electrons. The fourth-order valence-electron chi connectivity index (χ4n) is 2.98. The van der Waals surface area contributed by atoms with Crippen molar-refractivity contribution >= 4 is 20.9 Å². The molecule has 0 bridgehead atoms. The van der Waals surface area contributed by atoms with Crippen molar-refractivity contribution in [1.82, 2.24) is 14.6 Å². The smallest absolute Gasteiger partial charge is 0.245 e. The van der Waals surface area contributed by atoms with E-state index in [9.17, 15) is 8.42 Å². The highest BCUT2D eigenvalue weighted by Crippen LogP contribution is 2.29. The minimum Gasteiger partial charge on any atom is -0.318 e.